The van der Waals surface area contributed by atoms with Crippen molar-refractivity contribution in [3.05, 3.63) is 59.2 Å². The van der Waals surface area contributed by atoms with Crippen molar-refractivity contribution in [1.29, 1.82) is 0 Å². The molecule has 1 amide bonds. The minimum absolute atomic E-state index is 0.265. The number of sulfonamides is 1. The van der Waals surface area contributed by atoms with Crippen molar-refractivity contribution in [2.75, 3.05) is 10.6 Å². The number of ether oxygens (including phenoxy) is 1. The van der Waals surface area contributed by atoms with Crippen molar-refractivity contribution in [1.82, 2.24) is 5.32 Å². The molecule has 3 rings (SSSR count). The van der Waals surface area contributed by atoms with Gasteiger partial charge in [0.25, 0.3) is 0 Å². The Balaban J connectivity index is 1.96. The number of rotatable bonds is 6. The normalized spacial score (nSPS) is 18.5. The molecule has 6 nitrogen and oxygen atoms in total. The van der Waals surface area contributed by atoms with Gasteiger partial charge in [0.2, 0.25) is 15.9 Å². The predicted molar refractivity (Wildman–Crippen MR) is 124 cm³/mol. The molecule has 0 spiro atoms. The highest BCUT2D eigenvalue weighted by Crippen LogP contribution is 2.40. The highest BCUT2D eigenvalue weighted by Gasteiger charge is 2.37. The van der Waals surface area contributed by atoms with Crippen LogP contribution in [0.2, 0.25) is 0 Å². The summed E-state index contributed by atoms with van der Waals surface area (Å²) < 4.78 is 32.8. The van der Waals surface area contributed by atoms with Crippen LogP contribution in [0.3, 0.4) is 0 Å². The number of amides is 1. The fraction of sp³-hybridized carbons (Fsp3) is 0.458. The average molecular weight is 445 g/mol. The van der Waals surface area contributed by atoms with Crippen LogP contribution in [-0.2, 0) is 14.8 Å². The van der Waals surface area contributed by atoms with Gasteiger partial charge in [-0.1, -0.05) is 36.8 Å². The first-order valence-corrected chi connectivity index (χ1v) is 12.4. The smallest absolute Gasteiger partial charge is 0.244 e. The molecule has 7 heteroatoms. The largest absolute Gasteiger partial charge is 0.487 e. The first-order chi connectivity index (χ1) is 14.4. The molecular weight excluding hydrogens is 412 g/mol. The Morgan fingerprint density at radius 2 is 1.87 bits per heavy atom. The molecule has 31 heavy (non-hydrogen) atoms. The second kappa shape index (κ2) is 8.54. The fourth-order valence-corrected chi connectivity index (χ4v) is 5.40. The quantitative estimate of drug-likeness (QED) is 0.722. The van der Waals surface area contributed by atoms with E-state index in [-0.39, 0.29) is 11.9 Å². The summed E-state index contributed by atoms with van der Waals surface area (Å²) in [4.78, 5) is 13.4. The van der Waals surface area contributed by atoms with E-state index in [0.717, 1.165) is 28.7 Å². The Morgan fingerprint density at radius 1 is 1.19 bits per heavy atom. The number of aryl methyl sites for hydroxylation is 2. The maximum atomic E-state index is 13.4. The first-order valence-electron chi connectivity index (χ1n) is 10.6. The number of hydrogen-bond acceptors (Lipinski definition) is 4. The van der Waals surface area contributed by atoms with Gasteiger partial charge < -0.3 is 10.1 Å². The number of nitrogens with zero attached hydrogens (tertiary/aromatic N) is 1. The maximum Gasteiger partial charge on any atom is 0.244 e. The zero-order valence-corrected chi connectivity index (χ0v) is 19.9. The van der Waals surface area contributed by atoms with E-state index in [4.69, 9.17) is 4.74 Å². The summed E-state index contributed by atoms with van der Waals surface area (Å²) >= 11 is 0. The topological polar surface area (TPSA) is 75.7 Å². The standard InChI is InChI=1S/C24H32N2O4S/c1-7-21(26(31(6,28)29)18-10-8-9-16(2)13-18)23(27)25-20-15-24(4,5)30-22-12-11-17(3)14-19(20)22/h8-14,20-21H,7,15H2,1-6H3,(H,25,27)/t20-,21+/m1/s1. The lowest BCUT2D eigenvalue weighted by molar-refractivity contribution is -0.123. The molecule has 2 atom stereocenters. The van der Waals surface area contributed by atoms with Crippen molar-refractivity contribution >= 4 is 21.6 Å². The molecule has 0 fully saturated rings. The molecule has 1 heterocycles. The number of carbonyl (C=O) groups excluding carboxylic acids is 1. The van der Waals surface area contributed by atoms with Gasteiger partial charge in [0, 0.05) is 12.0 Å². The molecule has 0 unspecified atom stereocenters. The van der Waals surface area contributed by atoms with Crippen molar-refractivity contribution in [2.45, 2.75) is 65.1 Å². The lowest BCUT2D eigenvalue weighted by atomic mass is 9.88. The molecule has 0 aliphatic carbocycles. The van der Waals surface area contributed by atoms with Crippen LogP contribution in [-0.4, -0.2) is 32.2 Å². The second-order valence-electron chi connectivity index (χ2n) is 8.99. The van der Waals surface area contributed by atoms with Crippen molar-refractivity contribution in [3.63, 3.8) is 0 Å². The summed E-state index contributed by atoms with van der Waals surface area (Å²) in [7, 11) is -3.67. The lowest BCUT2D eigenvalue weighted by Gasteiger charge is -2.39. The van der Waals surface area contributed by atoms with E-state index < -0.39 is 21.7 Å². The Labute approximate surface area is 185 Å². The number of anilines is 1. The third-order valence-electron chi connectivity index (χ3n) is 5.53. The summed E-state index contributed by atoms with van der Waals surface area (Å²) in [6, 6.07) is 12.0. The van der Waals surface area contributed by atoms with Crippen molar-refractivity contribution < 1.29 is 17.9 Å². The van der Waals surface area contributed by atoms with Crippen molar-refractivity contribution in [3.8, 4) is 5.75 Å². The van der Waals surface area contributed by atoms with Gasteiger partial charge in [-0.25, -0.2) is 8.42 Å². The summed E-state index contributed by atoms with van der Waals surface area (Å²) in [5.74, 6) is 0.434. The summed E-state index contributed by atoms with van der Waals surface area (Å²) in [5, 5.41) is 3.12. The number of carbonyl (C=O) groups is 1. The maximum absolute atomic E-state index is 13.4. The Morgan fingerprint density at radius 3 is 2.48 bits per heavy atom. The molecular formula is C24H32N2O4S. The molecule has 2 aromatic carbocycles. The van der Waals surface area contributed by atoms with Crippen LogP contribution in [0.15, 0.2) is 42.5 Å². The Hall–Kier alpha value is -2.54. The van der Waals surface area contributed by atoms with Gasteiger partial charge in [0.1, 0.15) is 17.4 Å². The molecule has 0 bridgehead atoms. The van der Waals surface area contributed by atoms with Crippen LogP contribution < -0.4 is 14.4 Å². The molecule has 0 saturated heterocycles. The van der Waals surface area contributed by atoms with Gasteiger partial charge in [-0.3, -0.25) is 9.10 Å². The lowest BCUT2D eigenvalue weighted by Crippen LogP contribution is -2.51. The van der Waals surface area contributed by atoms with E-state index in [1.54, 1.807) is 18.2 Å². The highest BCUT2D eigenvalue weighted by atomic mass is 32.2. The summed E-state index contributed by atoms with van der Waals surface area (Å²) in [6.45, 7) is 9.69. The Bertz CT molecular complexity index is 1080. The number of fused-ring (bicyclic) bond motifs is 1. The zero-order chi connectivity index (χ0) is 23.0. The van der Waals surface area contributed by atoms with Gasteiger partial charge in [0.05, 0.1) is 18.0 Å². The van der Waals surface area contributed by atoms with Crippen LogP contribution in [0.1, 0.15) is 56.3 Å². The third kappa shape index (κ3) is 5.21. The molecule has 0 aromatic heterocycles. The van der Waals surface area contributed by atoms with Gasteiger partial charge in [-0.15, -0.1) is 0 Å². The van der Waals surface area contributed by atoms with Gasteiger partial charge >= 0.3 is 0 Å². The monoisotopic (exact) mass is 444 g/mol. The number of hydrogen-bond donors (Lipinski definition) is 1. The summed E-state index contributed by atoms with van der Waals surface area (Å²) in [6.07, 6.45) is 2.08. The number of benzene rings is 2. The molecule has 0 saturated carbocycles. The molecule has 1 N–H and O–H groups in total. The SMILES string of the molecule is CC[C@@H](C(=O)N[C@@H]1CC(C)(C)Oc2ccc(C)cc21)N(c1cccc(C)c1)S(C)(=O)=O. The van der Waals surface area contributed by atoms with Crippen LogP contribution in [0, 0.1) is 13.8 Å². The van der Waals surface area contributed by atoms with Crippen LogP contribution in [0.25, 0.3) is 0 Å². The van der Waals surface area contributed by atoms with Crippen LogP contribution in [0.5, 0.6) is 5.75 Å². The minimum atomic E-state index is -3.67. The number of nitrogens with one attached hydrogen (secondary N) is 1. The summed E-state index contributed by atoms with van der Waals surface area (Å²) in [5.41, 5.74) is 2.97. The van der Waals surface area contributed by atoms with Crippen LogP contribution in [0.4, 0.5) is 5.69 Å². The van der Waals surface area contributed by atoms with Gasteiger partial charge in [-0.2, -0.15) is 0 Å². The zero-order valence-electron chi connectivity index (χ0n) is 19.1. The van der Waals surface area contributed by atoms with Crippen LogP contribution >= 0.6 is 0 Å². The molecule has 168 valence electrons. The molecule has 1 aliphatic rings. The predicted octanol–water partition coefficient (Wildman–Crippen LogP) is 4.27. The molecule has 2 aromatic rings. The fourth-order valence-electron chi connectivity index (χ4n) is 4.20. The average Bonchev–Trinajstić information content (AvgIpc) is 2.64. The second-order valence-corrected chi connectivity index (χ2v) is 10.8. The minimum Gasteiger partial charge on any atom is -0.487 e. The van der Waals surface area contributed by atoms with E-state index in [1.807, 2.05) is 58.9 Å². The van der Waals surface area contributed by atoms with Gasteiger partial charge in [0.15, 0.2) is 0 Å². The molecule has 1 aliphatic heterocycles. The van der Waals surface area contributed by atoms with E-state index >= 15 is 0 Å². The van der Waals surface area contributed by atoms with E-state index in [0.29, 0.717) is 18.5 Å². The van der Waals surface area contributed by atoms with Crippen molar-refractivity contribution in [2.24, 2.45) is 0 Å². The molecule has 0 radical (unpaired) electrons. The Kier molecular flexibility index (Phi) is 6.37. The van der Waals surface area contributed by atoms with Gasteiger partial charge in [-0.05, 0) is 57.9 Å². The first kappa shape index (κ1) is 23.1. The highest BCUT2D eigenvalue weighted by molar-refractivity contribution is 7.92. The third-order valence-corrected chi connectivity index (χ3v) is 6.70. The van der Waals surface area contributed by atoms with E-state index in [9.17, 15) is 13.2 Å². The van der Waals surface area contributed by atoms with E-state index in [1.165, 1.54) is 4.31 Å². The van der Waals surface area contributed by atoms with E-state index in [2.05, 4.69) is 5.32 Å².